The Bertz CT molecular complexity index is 542. The molecule has 0 fully saturated rings. The van der Waals surface area contributed by atoms with Crippen LogP contribution in [0.25, 0.3) is 0 Å². The molecule has 0 unspecified atom stereocenters. The topological polar surface area (TPSA) is 60.2 Å². The van der Waals surface area contributed by atoms with Gasteiger partial charge in [0.15, 0.2) is 0 Å². The SMILES string of the molecule is CCNCc1cc(F)cc(OCc2nonc2C)c1. The Balaban J connectivity index is 2.03. The van der Waals surface area contributed by atoms with E-state index in [1.54, 1.807) is 13.0 Å². The van der Waals surface area contributed by atoms with Gasteiger partial charge in [-0.2, -0.15) is 0 Å². The summed E-state index contributed by atoms with van der Waals surface area (Å²) >= 11 is 0. The molecule has 1 N–H and O–H groups in total. The van der Waals surface area contributed by atoms with E-state index in [1.165, 1.54) is 12.1 Å². The lowest BCUT2D eigenvalue weighted by molar-refractivity contribution is 0.269. The van der Waals surface area contributed by atoms with Crippen molar-refractivity contribution >= 4 is 0 Å². The van der Waals surface area contributed by atoms with E-state index in [1.807, 2.05) is 6.92 Å². The van der Waals surface area contributed by atoms with Crippen molar-refractivity contribution in [1.29, 1.82) is 0 Å². The summed E-state index contributed by atoms with van der Waals surface area (Å²) in [5.74, 6) is 0.149. The number of hydrogen-bond donors (Lipinski definition) is 1. The number of aromatic nitrogens is 2. The molecule has 2 rings (SSSR count). The van der Waals surface area contributed by atoms with Crippen molar-refractivity contribution in [1.82, 2.24) is 15.6 Å². The molecule has 0 saturated carbocycles. The van der Waals surface area contributed by atoms with Crippen molar-refractivity contribution in [3.8, 4) is 5.75 Å². The smallest absolute Gasteiger partial charge is 0.145 e. The Morgan fingerprint density at radius 2 is 2.16 bits per heavy atom. The molecule has 1 aromatic heterocycles. The Hall–Kier alpha value is -1.95. The molecule has 1 heterocycles. The first-order valence-electron chi connectivity index (χ1n) is 6.10. The van der Waals surface area contributed by atoms with E-state index >= 15 is 0 Å². The second-order valence-electron chi connectivity index (χ2n) is 4.16. The standard InChI is InChI=1S/C13H16FN3O2/c1-3-15-7-10-4-11(14)6-12(5-10)18-8-13-9(2)16-19-17-13/h4-6,15H,3,7-8H2,1-2H3. The normalized spacial score (nSPS) is 10.7. The van der Waals surface area contributed by atoms with Crippen LogP contribution in [0.5, 0.6) is 5.75 Å². The molecule has 6 heteroatoms. The molecule has 0 saturated heterocycles. The third-order valence-corrected chi connectivity index (χ3v) is 2.63. The van der Waals surface area contributed by atoms with Crippen molar-refractivity contribution in [2.75, 3.05) is 6.54 Å². The van der Waals surface area contributed by atoms with Crippen LogP contribution in [0.3, 0.4) is 0 Å². The number of ether oxygens (including phenoxy) is 1. The van der Waals surface area contributed by atoms with Gasteiger partial charge in [0.25, 0.3) is 0 Å². The number of rotatable bonds is 6. The zero-order valence-electron chi connectivity index (χ0n) is 10.9. The van der Waals surface area contributed by atoms with Gasteiger partial charge in [-0.1, -0.05) is 17.2 Å². The molecule has 19 heavy (non-hydrogen) atoms. The van der Waals surface area contributed by atoms with Gasteiger partial charge in [0.1, 0.15) is 29.6 Å². The van der Waals surface area contributed by atoms with E-state index < -0.39 is 0 Å². The van der Waals surface area contributed by atoms with Crippen LogP contribution in [-0.2, 0) is 13.2 Å². The summed E-state index contributed by atoms with van der Waals surface area (Å²) in [6, 6.07) is 4.63. The van der Waals surface area contributed by atoms with Gasteiger partial charge in [-0.15, -0.1) is 0 Å². The predicted octanol–water partition coefficient (Wildman–Crippen LogP) is 2.21. The number of hydrogen-bond acceptors (Lipinski definition) is 5. The zero-order valence-corrected chi connectivity index (χ0v) is 10.9. The molecule has 0 amide bonds. The summed E-state index contributed by atoms with van der Waals surface area (Å²) in [7, 11) is 0. The Kier molecular flexibility index (Phi) is 4.46. The van der Waals surface area contributed by atoms with Crippen molar-refractivity contribution in [3.05, 3.63) is 41.0 Å². The minimum Gasteiger partial charge on any atom is -0.487 e. The van der Waals surface area contributed by atoms with Crippen LogP contribution < -0.4 is 10.1 Å². The number of halogens is 1. The average Bonchev–Trinajstić information content (AvgIpc) is 2.79. The molecule has 0 bridgehead atoms. The fraction of sp³-hybridized carbons (Fsp3) is 0.385. The summed E-state index contributed by atoms with van der Waals surface area (Å²) < 4.78 is 23.5. The van der Waals surface area contributed by atoms with Crippen LogP contribution in [-0.4, -0.2) is 16.9 Å². The average molecular weight is 265 g/mol. The fourth-order valence-electron chi connectivity index (χ4n) is 1.61. The lowest BCUT2D eigenvalue weighted by atomic mass is 10.2. The summed E-state index contributed by atoms with van der Waals surface area (Å²) in [4.78, 5) is 0. The van der Waals surface area contributed by atoms with Crippen LogP contribution in [0.15, 0.2) is 22.8 Å². The number of nitrogens with one attached hydrogen (secondary N) is 1. The van der Waals surface area contributed by atoms with E-state index in [9.17, 15) is 4.39 Å². The molecule has 0 spiro atoms. The van der Waals surface area contributed by atoms with Crippen molar-refractivity contribution in [2.45, 2.75) is 27.0 Å². The van der Waals surface area contributed by atoms with Gasteiger partial charge in [0.05, 0.1) is 0 Å². The maximum atomic E-state index is 13.4. The molecule has 0 atom stereocenters. The summed E-state index contributed by atoms with van der Waals surface area (Å²) in [6.07, 6.45) is 0. The number of aryl methyl sites for hydroxylation is 1. The van der Waals surface area contributed by atoms with Crippen molar-refractivity contribution in [2.24, 2.45) is 0 Å². The lowest BCUT2D eigenvalue weighted by Crippen LogP contribution is -2.12. The van der Waals surface area contributed by atoms with Gasteiger partial charge in [0, 0.05) is 12.6 Å². The van der Waals surface area contributed by atoms with E-state index in [-0.39, 0.29) is 12.4 Å². The summed E-state index contributed by atoms with van der Waals surface area (Å²) in [5.41, 5.74) is 2.12. The first-order valence-corrected chi connectivity index (χ1v) is 6.10. The monoisotopic (exact) mass is 265 g/mol. The van der Waals surface area contributed by atoms with Gasteiger partial charge < -0.3 is 10.1 Å². The Morgan fingerprint density at radius 1 is 1.32 bits per heavy atom. The molecule has 2 aromatic rings. The second-order valence-corrected chi connectivity index (χ2v) is 4.16. The van der Waals surface area contributed by atoms with Crippen LogP contribution in [0.4, 0.5) is 4.39 Å². The predicted molar refractivity (Wildman–Crippen MR) is 67.1 cm³/mol. The van der Waals surface area contributed by atoms with Gasteiger partial charge in [0.2, 0.25) is 0 Å². The molecule has 0 radical (unpaired) electrons. The first-order chi connectivity index (χ1) is 9.19. The highest BCUT2D eigenvalue weighted by molar-refractivity contribution is 5.29. The van der Waals surface area contributed by atoms with Crippen LogP contribution in [0.1, 0.15) is 23.9 Å². The summed E-state index contributed by atoms with van der Waals surface area (Å²) in [6.45, 7) is 5.42. The molecule has 102 valence electrons. The van der Waals surface area contributed by atoms with Crippen molar-refractivity contribution < 1.29 is 13.8 Å². The molecular formula is C13H16FN3O2. The molecular weight excluding hydrogens is 249 g/mol. The van der Waals surface area contributed by atoms with E-state index in [0.29, 0.717) is 23.7 Å². The highest BCUT2D eigenvalue weighted by Crippen LogP contribution is 2.18. The molecule has 1 aromatic carbocycles. The van der Waals surface area contributed by atoms with E-state index in [2.05, 4.69) is 20.3 Å². The highest BCUT2D eigenvalue weighted by atomic mass is 19.1. The van der Waals surface area contributed by atoms with Crippen LogP contribution >= 0.6 is 0 Å². The summed E-state index contributed by atoms with van der Waals surface area (Å²) in [5, 5.41) is 10.5. The molecule has 5 nitrogen and oxygen atoms in total. The quantitative estimate of drug-likeness (QED) is 0.867. The molecule has 0 aliphatic carbocycles. The van der Waals surface area contributed by atoms with Crippen LogP contribution in [0, 0.1) is 12.7 Å². The largest absolute Gasteiger partial charge is 0.487 e. The fourth-order valence-corrected chi connectivity index (χ4v) is 1.61. The third-order valence-electron chi connectivity index (χ3n) is 2.63. The minimum atomic E-state index is -0.319. The van der Waals surface area contributed by atoms with Gasteiger partial charge >= 0.3 is 0 Å². The van der Waals surface area contributed by atoms with E-state index in [4.69, 9.17) is 4.74 Å². The van der Waals surface area contributed by atoms with E-state index in [0.717, 1.165) is 12.1 Å². The third kappa shape index (κ3) is 3.75. The lowest BCUT2D eigenvalue weighted by Gasteiger charge is -2.08. The second kappa shape index (κ2) is 6.29. The van der Waals surface area contributed by atoms with Gasteiger partial charge in [-0.25, -0.2) is 9.02 Å². The molecule has 0 aliphatic rings. The van der Waals surface area contributed by atoms with Gasteiger partial charge in [-0.05, 0) is 31.2 Å². The minimum absolute atomic E-state index is 0.208. The number of nitrogens with zero attached hydrogens (tertiary/aromatic N) is 2. The maximum Gasteiger partial charge on any atom is 0.145 e. The van der Waals surface area contributed by atoms with Crippen LogP contribution in [0.2, 0.25) is 0 Å². The Morgan fingerprint density at radius 3 is 2.84 bits per heavy atom. The zero-order chi connectivity index (χ0) is 13.7. The highest BCUT2D eigenvalue weighted by Gasteiger charge is 2.07. The number of benzene rings is 1. The maximum absolute atomic E-state index is 13.4. The first kappa shape index (κ1) is 13.5. The van der Waals surface area contributed by atoms with Crippen molar-refractivity contribution in [3.63, 3.8) is 0 Å². The Labute approximate surface area is 110 Å². The molecule has 0 aliphatic heterocycles. The van der Waals surface area contributed by atoms with Gasteiger partial charge in [-0.3, -0.25) is 0 Å².